The minimum atomic E-state index is -0.745. The molecule has 0 amide bonds. The van der Waals surface area contributed by atoms with Crippen LogP contribution in [-0.4, -0.2) is 5.11 Å². The van der Waals surface area contributed by atoms with Gasteiger partial charge in [-0.15, -0.1) is 0 Å². The molecule has 0 aliphatic heterocycles. The Morgan fingerprint density at radius 1 is 1.58 bits per heavy atom. The molecule has 12 heavy (non-hydrogen) atoms. The number of allylic oxidation sites excluding steroid dienone is 3. The van der Waals surface area contributed by atoms with E-state index in [2.05, 4.69) is 6.58 Å². The zero-order valence-corrected chi connectivity index (χ0v) is 7.34. The second kappa shape index (κ2) is 4.59. The molecule has 0 radical (unpaired) electrons. The highest BCUT2D eigenvalue weighted by atomic mass is 19.1. The van der Waals surface area contributed by atoms with Crippen molar-refractivity contribution in [3.05, 3.63) is 36.0 Å². The van der Waals surface area contributed by atoms with Crippen LogP contribution in [0.15, 0.2) is 36.0 Å². The van der Waals surface area contributed by atoms with E-state index in [-0.39, 0.29) is 11.7 Å². The molecule has 3 N–H and O–H groups in total. The topological polar surface area (TPSA) is 46.2 Å². The van der Waals surface area contributed by atoms with Crippen LogP contribution in [0.4, 0.5) is 4.39 Å². The van der Waals surface area contributed by atoms with E-state index in [1.807, 2.05) is 0 Å². The highest BCUT2D eigenvalue weighted by molar-refractivity contribution is 5.18. The van der Waals surface area contributed by atoms with Crippen molar-refractivity contribution in [1.82, 2.24) is 0 Å². The average Bonchev–Trinajstić information content (AvgIpc) is 1.98. The van der Waals surface area contributed by atoms with Crippen molar-refractivity contribution in [2.24, 2.45) is 11.7 Å². The van der Waals surface area contributed by atoms with E-state index < -0.39 is 5.95 Å². The summed E-state index contributed by atoms with van der Waals surface area (Å²) in [6.45, 7) is 6.92. The molecule has 1 atom stereocenters. The predicted octanol–water partition coefficient (Wildman–Crippen LogP) is 2.41. The third-order valence-electron chi connectivity index (χ3n) is 1.69. The third-order valence-corrected chi connectivity index (χ3v) is 1.69. The smallest absolute Gasteiger partial charge is 0.184 e. The molecule has 0 fully saturated rings. The molecule has 0 heterocycles. The van der Waals surface area contributed by atoms with E-state index >= 15 is 0 Å². The van der Waals surface area contributed by atoms with Gasteiger partial charge in [-0.05, 0) is 13.0 Å². The summed E-state index contributed by atoms with van der Waals surface area (Å²) >= 11 is 0. The highest BCUT2D eigenvalue weighted by Gasteiger charge is 2.05. The Hall–Kier alpha value is -1.25. The van der Waals surface area contributed by atoms with Gasteiger partial charge in [-0.1, -0.05) is 25.2 Å². The molecule has 0 aromatic rings. The molecule has 0 aromatic carbocycles. The van der Waals surface area contributed by atoms with Crippen LogP contribution < -0.4 is 5.73 Å². The maximum absolute atomic E-state index is 12.0. The van der Waals surface area contributed by atoms with Gasteiger partial charge in [-0.2, -0.15) is 4.39 Å². The number of rotatable bonds is 3. The molecular weight excluding hydrogens is 157 g/mol. The lowest BCUT2D eigenvalue weighted by atomic mass is 10.0. The fraction of sp³-hybridized carbons (Fsp3) is 0.333. The molecular formula is C9H14FNO. The van der Waals surface area contributed by atoms with Crippen molar-refractivity contribution >= 4 is 0 Å². The largest absolute Gasteiger partial charge is 0.512 e. The summed E-state index contributed by atoms with van der Waals surface area (Å²) in [6, 6.07) is 0. The van der Waals surface area contributed by atoms with Crippen LogP contribution in [-0.2, 0) is 0 Å². The molecule has 0 aliphatic rings. The minimum absolute atomic E-state index is 0.0644. The van der Waals surface area contributed by atoms with Crippen LogP contribution in [0.3, 0.4) is 0 Å². The van der Waals surface area contributed by atoms with Gasteiger partial charge in [0.25, 0.3) is 0 Å². The van der Waals surface area contributed by atoms with Crippen molar-refractivity contribution < 1.29 is 9.50 Å². The SMILES string of the molecule is C=C(O)C(C)/C(C)=C\C=C(/N)F. The fourth-order valence-electron chi connectivity index (χ4n) is 0.618. The zero-order valence-electron chi connectivity index (χ0n) is 7.34. The number of aliphatic hydroxyl groups is 1. The van der Waals surface area contributed by atoms with Crippen molar-refractivity contribution in [2.75, 3.05) is 0 Å². The second-order valence-electron chi connectivity index (χ2n) is 2.68. The summed E-state index contributed by atoms with van der Waals surface area (Å²) in [7, 11) is 0. The van der Waals surface area contributed by atoms with E-state index in [0.717, 1.165) is 11.6 Å². The zero-order chi connectivity index (χ0) is 9.72. The van der Waals surface area contributed by atoms with Gasteiger partial charge in [0.2, 0.25) is 0 Å². The van der Waals surface area contributed by atoms with Gasteiger partial charge in [0.15, 0.2) is 5.95 Å². The summed E-state index contributed by atoms with van der Waals surface area (Å²) < 4.78 is 12.0. The van der Waals surface area contributed by atoms with Crippen LogP contribution in [0.1, 0.15) is 13.8 Å². The number of nitrogens with two attached hydrogens (primary N) is 1. The lowest BCUT2D eigenvalue weighted by Gasteiger charge is -2.08. The van der Waals surface area contributed by atoms with Gasteiger partial charge in [-0.3, -0.25) is 0 Å². The van der Waals surface area contributed by atoms with Gasteiger partial charge >= 0.3 is 0 Å². The maximum Gasteiger partial charge on any atom is 0.184 e. The van der Waals surface area contributed by atoms with Crippen LogP contribution in [0.25, 0.3) is 0 Å². The van der Waals surface area contributed by atoms with Gasteiger partial charge in [0.05, 0.1) is 5.76 Å². The number of halogens is 1. The summed E-state index contributed by atoms with van der Waals surface area (Å²) in [4.78, 5) is 0. The first-order valence-electron chi connectivity index (χ1n) is 3.62. The van der Waals surface area contributed by atoms with Crippen molar-refractivity contribution in [1.29, 1.82) is 0 Å². The van der Waals surface area contributed by atoms with Crippen LogP contribution in [0, 0.1) is 5.92 Å². The molecule has 0 rings (SSSR count). The molecule has 68 valence electrons. The summed E-state index contributed by atoms with van der Waals surface area (Å²) in [5.74, 6) is -0.847. The monoisotopic (exact) mass is 171 g/mol. The van der Waals surface area contributed by atoms with Gasteiger partial charge < -0.3 is 10.8 Å². The lowest BCUT2D eigenvalue weighted by Crippen LogP contribution is -1.98. The normalized spacial score (nSPS) is 15.9. The summed E-state index contributed by atoms with van der Waals surface area (Å²) in [5.41, 5.74) is 5.59. The summed E-state index contributed by atoms with van der Waals surface area (Å²) in [6.07, 6.45) is 2.66. The quantitative estimate of drug-likeness (QED) is 0.389. The Bertz CT molecular complexity index is 227. The van der Waals surface area contributed by atoms with Crippen LogP contribution in [0.5, 0.6) is 0 Å². The van der Waals surface area contributed by atoms with Crippen molar-refractivity contribution in [2.45, 2.75) is 13.8 Å². The first-order chi connectivity index (χ1) is 5.45. The van der Waals surface area contributed by atoms with E-state index in [4.69, 9.17) is 10.8 Å². The first kappa shape index (κ1) is 10.8. The average molecular weight is 171 g/mol. The molecule has 0 saturated carbocycles. The van der Waals surface area contributed by atoms with Crippen LogP contribution in [0.2, 0.25) is 0 Å². The Balaban J connectivity index is 4.38. The Morgan fingerprint density at radius 2 is 2.08 bits per heavy atom. The molecule has 0 saturated heterocycles. The Morgan fingerprint density at radius 3 is 2.42 bits per heavy atom. The number of hydrogen-bond acceptors (Lipinski definition) is 2. The van der Waals surface area contributed by atoms with Gasteiger partial charge in [0, 0.05) is 5.92 Å². The molecule has 0 aromatic heterocycles. The predicted molar refractivity (Wildman–Crippen MR) is 48.1 cm³/mol. The molecule has 2 nitrogen and oxygen atoms in total. The Kier molecular flexibility index (Phi) is 4.11. The Labute approximate surface area is 71.9 Å². The standard InChI is InChI=1S/C9H14FNO/c1-6(4-5-9(10)11)7(2)8(3)12/h4-5,7,12H,3,11H2,1-2H3/b6-4-,9-5-. The molecule has 3 heteroatoms. The van der Waals surface area contributed by atoms with Gasteiger partial charge in [-0.25, -0.2) is 0 Å². The summed E-state index contributed by atoms with van der Waals surface area (Å²) in [5, 5.41) is 8.98. The number of aliphatic hydroxyl groups excluding tert-OH is 1. The van der Waals surface area contributed by atoms with Gasteiger partial charge in [0.1, 0.15) is 0 Å². The fourth-order valence-corrected chi connectivity index (χ4v) is 0.618. The second-order valence-corrected chi connectivity index (χ2v) is 2.68. The molecule has 0 spiro atoms. The van der Waals surface area contributed by atoms with E-state index in [9.17, 15) is 4.39 Å². The van der Waals surface area contributed by atoms with Crippen molar-refractivity contribution in [3.8, 4) is 0 Å². The minimum Gasteiger partial charge on any atom is -0.512 e. The van der Waals surface area contributed by atoms with E-state index in [0.29, 0.717) is 0 Å². The van der Waals surface area contributed by atoms with Crippen LogP contribution >= 0.6 is 0 Å². The highest BCUT2D eigenvalue weighted by Crippen LogP contribution is 2.15. The lowest BCUT2D eigenvalue weighted by molar-refractivity contribution is 0.362. The molecule has 0 aliphatic carbocycles. The maximum atomic E-state index is 12.0. The number of hydrogen-bond donors (Lipinski definition) is 2. The molecule has 0 bridgehead atoms. The van der Waals surface area contributed by atoms with Crippen molar-refractivity contribution in [3.63, 3.8) is 0 Å². The molecule has 1 unspecified atom stereocenters. The first-order valence-corrected chi connectivity index (χ1v) is 3.62. The van der Waals surface area contributed by atoms with E-state index in [1.165, 1.54) is 6.08 Å². The van der Waals surface area contributed by atoms with E-state index in [1.54, 1.807) is 13.8 Å². The third kappa shape index (κ3) is 3.81.